The average molecular weight is 381 g/mol. The van der Waals surface area contributed by atoms with Crippen molar-refractivity contribution in [2.24, 2.45) is 16.8 Å². The van der Waals surface area contributed by atoms with Gasteiger partial charge in [-0.05, 0) is 70.0 Å². The minimum Gasteiger partial charge on any atom is -0.351 e. The van der Waals surface area contributed by atoms with Gasteiger partial charge in [0.15, 0.2) is 0 Å². The Hall–Kier alpha value is -2.21. The van der Waals surface area contributed by atoms with Gasteiger partial charge in [-0.25, -0.2) is 9.97 Å². The maximum Gasteiger partial charge on any atom is 0.223 e. The zero-order chi connectivity index (χ0) is 19.3. The van der Waals surface area contributed by atoms with Crippen molar-refractivity contribution < 1.29 is 0 Å². The molecule has 28 heavy (non-hydrogen) atoms. The highest BCUT2D eigenvalue weighted by Gasteiger charge is 2.21. The standard InChI is InChI=1S/C22H32N6/c1-15-7-11-24-21-18(13-15)19(14-26-21)20-9-12-25-22(28-20)27-17-5-3-16(4-6-17)8-10-23-2/h9,12-17,23H,3-8,10-11H2,1-2H3,(H,24,26)(H,25,27,28). The molecule has 0 aromatic carbocycles. The van der Waals surface area contributed by atoms with E-state index < -0.39 is 0 Å². The third-order valence-electron chi connectivity index (χ3n) is 6.12. The molecular formula is C22H32N6. The average Bonchev–Trinajstić information content (AvgIpc) is 3.00. The first-order chi connectivity index (χ1) is 13.7. The van der Waals surface area contributed by atoms with Crippen LogP contribution in [-0.4, -0.2) is 41.1 Å². The van der Waals surface area contributed by atoms with Gasteiger partial charge in [-0.15, -0.1) is 0 Å². The van der Waals surface area contributed by atoms with Crippen molar-refractivity contribution in [2.45, 2.75) is 51.5 Å². The van der Waals surface area contributed by atoms with Gasteiger partial charge in [0.2, 0.25) is 5.95 Å². The van der Waals surface area contributed by atoms with Crippen LogP contribution in [0.15, 0.2) is 23.5 Å². The van der Waals surface area contributed by atoms with E-state index in [-0.39, 0.29) is 0 Å². The molecule has 1 fully saturated rings. The van der Waals surface area contributed by atoms with Crippen molar-refractivity contribution in [2.75, 3.05) is 25.5 Å². The molecule has 3 N–H and O–H groups in total. The van der Waals surface area contributed by atoms with Crippen LogP contribution in [0.1, 0.15) is 45.4 Å². The molecule has 1 saturated carbocycles. The molecule has 150 valence electrons. The van der Waals surface area contributed by atoms with Crippen LogP contribution in [0.3, 0.4) is 0 Å². The van der Waals surface area contributed by atoms with E-state index in [0.717, 1.165) is 48.1 Å². The lowest BCUT2D eigenvalue weighted by molar-refractivity contribution is 0.319. The van der Waals surface area contributed by atoms with E-state index in [0.29, 0.717) is 12.0 Å². The van der Waals surface area contributed by atoms with E-state index in [1.54, 1.807) is 0 Å². The quantitative estimate of drug-likeness (QED) is 0.719. The van der Waals surface area contributed by atoms with Gasteiger partial charge in [0.1, 0.15) is 5.49 Å². The van der Waals surface area contributed by atoms with Gasteiger partial charge in [-0.2, -0.15) is 0 Å². The maximum atomic E-state index is 4.83. The maximum absolute atomic E-state index is 4.83. The second kappa shape index (κ2) is 8.86. The molecule has 2 aliphatic rings. The Morgan fingerprint density at radius 1 is 1.18 bits per heavy atom. The van der Waals surface area contributed by atoms with Gasteiger partial charge in [-0.3, -0.25) is 4.99 Å². The molecule has 1 aliphatic heterocycles. The predicted molar refractivity (Wildman–Crippen MR) is 114 cm³/mol. The summed E-state index contributed by atoms with van der Waals surface area (Å²) in [5.74, 6) is 2.12. The number of hydrogen-bond donors (Lipinski definition) is 3. The highest BCUT2D eigenvalue weighted by Crippen LogP contribution is 2.28. The molecule has 6 heteroatoms. The molecule has 3 heterocycles. The van der Waals surface area contributed by atoms with Gasteiger partial charge in [0, 0.05) is 35.8 Å². The number of hydrogen-bond acceptors (Lipinski definition) is 5. The van der Waals surface area contributed by atoms with Gasteiger partial charge < -0.3 is 15.6 Å². The van der Waals surface area contributed by atoms with Gasteiger partial charge >= 0.3 is 0 Å². The van der Waals surface area contributed by atoms with Crippen LogP contribution in [0, 0.1) is 11.8 Å². The first-order valence-corrected chi connectivity index (χ1v) is 10.7. The molecule has 1 aliphatic carbocycles. The number of aromatic nitrogens is 3. The highest BCUT2D eigenvalue weighted by atomic mass is 15.1. The fourth-order valence-electron chi connectivity index (χ4n) is 4.39. The molecule has 0 bridgehead atoms. The minimum absolute atomic E-state index is 0.478. The Bertz CT molecular complexity index is 894. The highest BCUT2D eigenvalue weighted by molar-refractivity contribution is 5.61. The normalized spacial score (nSPS) is 24.6. The van der Waals surface area contributed by atoms with E-state index in [1.165, 1.54) is 37.3 Å². The van der Waals surface area contributed by atoms with Crippen molar-refractivity contribution in [1.29, 1.82) is 0 Å². The first-order valence-electron chi connectivity index (χ1n) is 10.7. The monoisotopic (exact) mass is 380 g/mol. The summed E-state index contributed by atoms with van der Waals surface area (Å²) in [5.41, 5.74) is 3.05. The summed E-state index contributed by atoms with van der Waals surface area (Å²) in [4.78, 5) is 17.3. The van der Waals surface area contributed by atoms with Gasteiger partial charge in [0.05, 0.1) is 5.69 Å². The van der Waals surface area contributed by atoms with E-state index in [4.69, 9.17) is 4.98 Å². The second-order valence-electron chi connectivity index (χ2n) is 8.30. The summed E-state index contributed by atoms with van der Waals surface area (Å²) in [6.07, 6.45) is 13.6. The van der Waals surface area contributed by atoms with E-state index in [1.807, 2.05) is 25.5 Å². The molecule has 0 spiro atoms. The third kappa shape index (κ3) is 4.43. The van der Waals surface area contributed by atoms with Crippen LogP contribution in [-0.2, 0) is 0 Å². The summed E-state index contributed by atoms with van der Waals surface area (Å²) < 4.78 is 0. The summed E-state index contributed by atoms with van der Waals surface area (Å²) in [5, 5.41) is 8.03. The van der Waals surface area contributed by atoms with Crippen LogP contribution in [0.2, 0.25) is 0 Å². The number of nitrogens with one attached hydrogen (secondary N) is 3. The largest absolute Gasteiger partial charge is 0.351 e. The zero-order valence-corrected chi connectivity index (χ0v) is 17.0. The lowest BCUT2D eigenvalue weighted by Crippen LogP contribution is -2.28. The molecule has 4 rings (SSSR count). The van der Waals surface area contributed by atoms with Crippen molar-refractivity contribution in [1.82, 2.24) is 20.3 Å². The van der Waals surface area contributed by atoms with Crippen LogP contribution in [0.4, 0.5) is 5.95 Å². The zero-order valence-electron chi connectivity index (χ0n) is 17.0. The van der Waals surface area contributed by atoms with E-state index in [9.17, 15) is 0 Å². The molecular weight excluding hydrogens is 348 g/mol. The van der Waals surface area contributed by atoms with E-state index in [2.05, 4.69) is 38.6 Å². The Kier molecular flexibility index (Phi) is 6.05. The number of anilines is 1. The fourth-order valence-corrected chi connectivity index (χ4v) is 4.39. The van der Waals surface area contributed by atoms with Gasteiger partial charge in [-0.1, -0.05) is 13.0 Å². The Morgan fingerprint density at radius 3 is 2.86 bits per heavy atom. The number of H-pyrrole nitrogens is 1. The van der Waals surface area contributed by atoms with Crippen LogP contribution >= 0.6 is 0 Å². The summed E-state index contributed by atoms with van der Waals surface area (Å²) in [7, 11) is 2.04. The topological polar surface area (TPSA) is 78.0 Å². The summed E-state index contributed by atoms with van der Waals surface area (Å²) in [6.45, 7) is 4.25. The molecule has 0 radical (unpaired) electrons. The molecule has 1 atom stereocenters. The molecule has 2 aromatic rings. The van der Waals surface area contributed by atoms with Crippen molar-refractivity contribution >= 4 is 12.0 Å². The smallest absolute Gasteiger partial charge is 0.223 e. The van der Waals surface area contributed by atoms with Crippen molar-refractivity contribution in [3.8, 4) is 11.3 Å². The Labute approximate surface area is 167 Å². The molecule has 0 amide bonds. The lowest BCUT2D eigenvalue weighted by Gasteiger charge is -2.29. The van der Waals surface area contributed by atoms with Crippen LogP contribution in [0.5, 0.6) is 0 Å². The third-order valence-corrected chi connectivity index (χ3v) is 6.12. The number of aromatic amines is 1. The van der Waals surface area contributed by atoms with Gasteiger partial charge in [0.25, 0.3) is 0 Å². The van der Waals surface area contributed by atoms with Crippen molar-refractivity contribution in [3.63, 3.8) is 0 Å². The number of fused-ring (bicyclic) bond motifs is 1. The van der Waals surface area contributed by atoms with Crippen LogP contribution in [0.25, 0.3) is 17.3 Å². The first kappa shape index (κ1) is 19.1. The molecule has 2 aromatic heterocycles. The number of rotatable bonds is 6. The molecule has 6 nitrogen and oxygen atoms in total. The predicted octanol–water partition coefficient (Wildman–Crippen LogP) is 2.49. The van der Waals surface area contributed by atoms with Crippen LogP contribution < -0.4 is 21.3 Å². The summed E-state index contributed by atoms with van der Waals surface area (Å²) >= 11 is 0. The number of nitrogens with zero attached hydrogens (tertiary/aromatic N) is 3. The summed E-state index contributed by atoms with van der Waals surface area (Å²) in [6, 6.07) is 2.47. The fraction of sp³-hybridized carbons (Fsp3) is 0.591. The second-order valence-corrected chi connectivity index (χ2v) is 8.30. The molecule has 1 unspecified atom stereocenters. The van der Waals surface area contributed by atoms with E-state index >= 15 is 0 Å². The van der Waals surface area contributed by atoms with Crippen molar-refractivity contribution in [3.05, 3.63) is 29.2 Å². The molecule has 0 saturated heterocycles. The minimum atomic E-state index is 0.478. The Balaban J connectivity index is 1.47. The Morgan fingerprint density at radius 2 is 2.04 bits per heavy atom. The lowest BCUT2D eigenvalue weighted by atomic mass is 9.84. The SMILES string of the molecule is CNCCC1CCC(Nc2nccc(-c3c[nH]c4c3=CC(C)CCN=4)n2)CC1.